The van der Waals surface area contributed by atoms with E-state index >= 15 is 0 Å². The number of unbranched alkanes of at least 4 members (excludes halogenated alkanes) is 4. The van der Waals surface area contributed by atoms with Gasteiger partial charge in [0.05, 0.1) is 13.2 Å². The monoisotopic (exact) mass is 395 g/mol. The minimum Gasteiger partial charge on any atom is -0.494 e. The van der Waals surface area contributed by atoms with Crippen molar-refractivity contribution in [3.05, 3.63) is 65.7 Å². The van der Waals surface area contributed by atoms with E-state index < -0.39 is 0 Å². The van der Waals surface area contributed by atoms with Gasteiger partial charge in [-0.1, -0.05) is 56.9 Å². The molecule has 0 radical (unpaired) electrons. The van der Waals surface area contributed by atoms with Crippen molar-refractivity contribution < 1.29 is 14.3 Å². The van der Waals surface area contributed by atoms with Crippen LogP contribution in [0.3, 0.4) is 0 Å². The summed E-state index contributed by atoms with van der Waals surface area (Å²) >= 11 is 0. The van der Waals surface area contributed by atoms with E-state index in [4.69, 9.17) is 9.47 Å². The van der Waals surface area contributed by atoms with Crippen molar-refractivity contribution in [3.63, 3.8) is 0 Å². The Labute approximate surface area is 174 Å². The van der Waals surface area contributed by atoms with Crippen molar-refractivity contribution in [1.82, 2.24) is 0 Å². The first kappa shape index (κ1) is 22.5. The number of hydrogen-bond donors (Lipinski definition) is 1. The summed E-state index contributed by atoms with van der Waals surface area (Å²) in [7, 11) is 0. The molecule has 0 aliphatic heterocycles. The van der Waals surface area contributed by atoms with Crippen LogP contribution in [0.5, 0.6) is 5.75 Å². The van der Waals surface area contributed by atoms with Gasteiger partial charge in [0.1, 0.15) is 5.75 Å². The lowest BCUT2D eigenvalue weighted by molar-refractivity contribution is -0.137. The Bertz CT molecular complexity index is 736. The number of ether oxygens (including phenoxy) is 2. The number of esters is 1. The summed E-state index contributed by atoms with van der Waals surface area (Å²) in [4.78, 5) is 11.3. The van der Waals surface area contributed by atoms with Crippen molar-refractivity contribution in [2.24, 2.45) is 0 Å². The van der Waals surface area contributed by atoms with E-state index in [1.165, 1.54) is 37.3 Å². The maximum Gasteiger partial charge on any atom is 0.330 e. The molecule has 0 aromatic heterocycles. The fraction of sp³-hybridized carbons (Fsp3) is 0.400. The third kappa shape index (κ3) is 9.33. The smallest absolute Gasteiger partial charge is 0.330 e. The normalized spacial score (nSPS) is 10.8. The van der Waals surface area contributed by atoms with Crippen molar-refractivity contribution in [2.75, 3.05) is 18.5 Å². The molecule has 4 nitrogen and oxygen atoms in total. The first-order valence-corrected chi connectivity index (χ1v) is 10.6. The van der Waals surface area contributed by atoms with E-state index in [-0.39, 0.29) is 5.97 Å². The van der Waals surface area contributed by atoms with Gasteiger partial charge in [-0.3, -0.25) is 0 Å². The van der Waals surface area contributed by atoms with Gasteiger partial charge in [-0.25, -0.2) is 4.79 Å². The van der Waals surface area contributed by atoms with E-state index in [0.717, 1.165) is 36.6 Å². The van der Waals surface area contributed by atoms with Crippen LogP contribution in [-0.2, 0) is 16.1 Å². The molecular formula is C25H33NO3. The summed E-state index contributed by atoms with van der Waals surface area (Å²) in [6.07, 6.45) is 9.45. The SMILES string of the molecule is CCCCCCCOc1ccc(CNc2ccc(/C=C/C(=O)OCC)cc2)cc1. The lowest BCUT2D eigenvalue weighted by Crippen LogP contribution is -2.00. The minimum absolute atomic E-state index is 0.321. The molecule has 156 valence electrons. The minimum atomic E-state index is -0.321. The summed E-state index contributed by atoms with van der Waals surface area (Å²) in [6, 6.07) is 16.2. The maximum atomic E-state index is 11.3. The van der Waals surface area contributed by atoms with Crippen LogP contribution in [0.1, 0.15) is 57.1 Å². The summed E-state index contributed by atoms with van der Waals surface area (Å²) in [5.74, 6) is 0.612. The molecule has 29 heavy (non-hydrogen) atoms. The van der Waals surface area contributed by atoms with Gasteiger partial charge in [-0.05, 0) is 54.8 Å². The van der Waals surface area contributed by atoms with Crippen LogP contribution in [0, 0.1) is 0 Å². The third-order valence-corrected chi connectivity index (χ3v) is 4.55. The van der Waals surface area contributed by atoms with Crippen LogP contribution in [0.15, 0.2) is 54.6 Å². The Morgan fingerprint density at radius 2 is 1.66 bits per heavy atom. The molecule has 0 atom stereocenters. The van der Waals surface area contributed by atoms with E-state index in [2.05, 4.69) is 24.4 Å². The van der Waals surface area contributed by atoms with E-state index in [1.54, 1.807) is 13.0 Å². The molecule has 0 unspecified atom stereocenters. The fourth-order valence-electron chi connectivity index (χ4n) is 2.87. The molecule has 0 fully saturated rings. The summed E-state index contributed by atoms with van der Waals surface area (Å²) in [5, 5.41) is 3.41. The molecule has 0 spiro atoms. The predicted octanol–water partition coefficient (Wildman–Crippen LogP) is 6.22. The maximum absolute atomic E-state index is 11.3. The Morgan fingerprint density at radius 1 is 0.931 bits per heavy atom. The number of nitrogens with one attached hydrogen (secondary N) is 1. The van der Waals surface area contributed by atoms with Gasteiger partial charge in [-0.15, -0.1) is 0 Å². The zero-order chi connectivity index (χ0) is 20.7. The van der Waals surface area contributed by atoms with Crippen molar-refractivity contribution in [2.45, 2.75) is 52.5 Å². The summed E-state index contributed by atoms with van der Waals surface area (Å²) < 4.78 is 10.7. The molecule has 2 aromatic carbocycles. The predicted molar refractivity (Wildman–Crippen MR) is 120 cm³/mol. The highest BCUT2D eigenvalue weighted by molar-refractivity contribution is 5.87. The van der Waals surface area contributed by atoms with E-state index in [1.807, 2.05) is 36.4 Å². The van der Waals surface area contributed by atoms with E-state index in [9.17, 15) is 4.79 Å². The van der Waals surface area contributed by atoms with Crippen LogP contribution in [0.4, 0.5) is 5.69 Å². The molecule has 0 saturated carbocycles. The average molecular weight is 396 g/mol. The highest BCUT2D eigenvalue weighted by Crippen LogP contribution is 2.16. The number of carbonyl (C=O) groups is 1. The lowest BCUT2D eigenvalue weighted by atomic mass is 10.1. The topological polar surface area (TPSA) is 47.6 Å². The third-order valence-electron chi connectivity index (χ3n) is 4.55. The molecular weight excluding hydrogens is 362 g/mol. The fourth-order valence-corrected chi connectivity index (χ4v) is 2.87. The Kier molecular flexibility index (Phi) is 10.4. The van der Waals surface area contributed by atoms with Gasteiger partial charge >= 0.3 is 5.97 Å². The summed E-state index contributed by atoms with van der Waals surface area (Å²) in [5.41, 5.74) is 3.19. The van der Waals surface area contributed by atoms with Crippen molar-refractivity contribution in [1.29, 1.82) is 0 Å². The molecule has 0 heterocycles. The zero-order valence-electron chi connectivity index (χ0n) is 17.7. The molecule has 0 amide bonds. The van der Waals surface area contributed by atoms with Crippen LogP contribution >= 0.6 is 0 Å². The van der Waals surface area contributed by atoms with Crippen LogP contribution in [0.2, 0.25) is 0 Å². The molecule has 4 heteroatoms. The molecule has 0 bridgehead atoms. The average Bonchev–Trinajstić information content (AvgIpc) is 2.75. The standard InChI is InChI=1S/C25H33NO3/c1-3-5-6-7-8-19-29-24-16-11-22(12-17-24)20-26-23-14-9-21(10-15-23)13-18-25(27)28-4-2/h9-18,26H,3-8,19-20H2,1-2H3/b18-13+. The van der Waals surface area contributed by atoms with Gasteiger partial charge in [0.15, 0.2) is 0 Å². The second kappa shape index (κ2) is 13.4. The second-order valence-electron chi connectivity index (χ2n) is 6.97. The number of benzene rings is 2. The second-order valence-corrected chi connectivity index (χ2v) is 6.97. The summed E-state index contributed by atoms with van der Waals surface area (Å²) in [6.45, 7) is 5.95. The van der Waals surface area contributed by atoms with Gasteiger partial charge in [0, 0.05) is 18.3 Å². The van der Waals surface area contributed by atoms with Crippen LogP contribution in [0.25, 0.3) is 6.08 Å². The first-order valence-electron chi connectivity index (χ1n) is 10.6. The van der Waals surface area contributed by atoms with E-state index in [0.29, 0.717) is 6.61 Å². The molecule has 2 rings (SSSR count). The lowest BCUT2D eigenvalue weighted by Gasteiger charge is -2.09. The highest BCUT2D eigenvalue weighted by Gasteiger charge is 1.98. The molecule has 1 N–H and O–H groups in total. The van der Waals surface area contributed by atoms with Gasteiger partial charge in [0.25, 0.3) is 0 Å². The molecule has 0 aliphatic carbocycles. The highest BCUT2D eigenvalue weighted by atomic mass is 16.5. The van der Waals surface area contributed by atoms with Crippen LogP contribution < -0.4 is 10.1 Å². The zero-order valence-corrected chi connectivity index (χ0v) is 17.7. The largest absolute Gasteiger partial charge is 0.494 e. The van der Waals surface area contributed by atoms with Crippen LogP contribution in [-0.4, -0.2) is 19.2 Å². The first-order chi connectivity index (χ1) is 14.2. The van der Waals surface area contributed by atoms with Gasteiger partial charge in [-0.2, -0.15) is 0 Å². The number of anilines is 1. The van der Waals surface area contributed by atoms with Gasteiger partial charge in [0.2, 0.25) is 0 Å². The Morgan fingerprint density at radius 3 is 2.34 bits per heavy atom. The quantitative estimate of drug-likeness (QED) is 0.248. The molecule has 0 saturated heterocycles. The number of hydrogen-bond acceptors (Lipinski definition) is 4. The van der Waals surface area contributed by atoms with Crippen molar-refractivity contribution in [3.8, 4) is 5.75 Å². The molecule has 0 aliphatic rings. The number of rotatable bonds is 13. The van der Waals surface area contributed by atoms with Gasteiger partial charge < -0.3 is 14.8 Å². The Balaban J connectivity index is 1.72. The van der Waals surface area contributed by atoms with Crippen molar-refractivity contribution >= 4 is 17.7 Å². The number of carbonyl (C=O) groups excluding carboxylic acids is 1. The molecule has 2 aromatic rings. The Hall–Kier alpha value is -2.75.